The molecule has 2 rings (SSSR count). The Morgan fingerprint density at radius 2 is 1.79 bits per heavy atom. The van der Waals surface area contributed by atoms with Crippen LogP contribution in [0.15, 0.2) is 54.6 Å². The van der Waals surface area contributed by atoms with Crippen molar-refractivity contribution < 1.29 is 4.79 Å². The summed E-state index contributed by atoms with van der Waals surface area (Å²) in [6.07, 6.45) is 0.916. The maximum absolute atomic E-state index is 12.4. The minimum Gasteiger partial charge on any atom is -0.399 e. The fourth-order valence-electron chi connectivity index (χ4n) is 2.95. The van der Waals surface area contributed by atoms with Gasteiger partial charge >= 0.3 is 0 Å². The van der Waals surface area contributed by atoms with Crippen molar-refractivity contribution in [1.29, 1.82) is 0 Å². The van der Waals surface area contributed by atoms with Crippen molar-refractivity contribution in [2.45, 2.75) is 26.3 Å². The quantitative estimate of drug-likeness (QED) is 0.734. The predicted octanol–water partition coefficient (Wildman–Crippen LogP) is 2.95. The van der Waals surface area contributed by atoms with E-state index in [1.807, 2.05) is 6.07 Å². The van der Waals surface area contributed by atoms with Crippen molar-refractivity contribution in [3.8, 4) is 0 Å². The molecule has 0 saturated carbocycles. The lowest BCUT2D eigenvalue weighted by Crippen LogP contribution is -2.45. The van der Waals surface area contributed by atoms with E-state index in [4.69, 9.17) is 5.73 Å². The van der Waals surface area contributed by atoms with Crippen LogP contribution in [0.5, 0.6) is 0 Å². The van der Waals surface area contributed by atoms with Crippen molar-refractivity contribution in [3.05, 3.63) is 65.7 Å². The maximum Gasteiger partial charge on any atom is 0.251 e. The number of anilines is 1. The molecule has 2 aromatic carbocycles. The molecule has 1 atom stereocenters. The average molecular weight is 325 g/mol. The van der Waals surface area contributed by atoms with Gasteiger partial charge in [-0.15, -0.1) is 0 Å². The molecule has 0 aromatic heterocycles. The van der Waals surface area contributed by atoms with Gasteiger partial charge in [0.05, 0.1) is 0 Å². The monoisotopic (exact) mass is 325 g/mol. The van der Waals surface area contributed by atoms with E-state index in [-0.39, 0.29) is 11.9 Å². The van der Waals surface area contributed by atoms with Crippen LogP contribution in [0.25, 0.3) is 0 Å². The second-order valence-electron chi connectivity index (χ2n) is 5.90. The fourth-order valence-corrected chi connectivity index (χ4v) is 2.95. The van der Waals surface area contributed by atoms with Crippen LogP contribution in [0.2, 0.25) is 0 Å². The van der Waals surface area contributed by atoms with E-state index in [0.717, 1.165) is 19.5 Å². The summed E-state index contributed by atoms with van der Waals surface area (Å²) in [6, 6.07) is 17.8. The molecule has 0 bridgehead atoms. The molecule has 128 valence electrons. The van der Waals surface area contributed by atoms with Crippen LogP contribution in [0, 0.1) is 0 Å². The van der Waals surface area contributed by atoms with Crippen LogP contribution in [-0.4, -0.2) is 36.5 Å². The van der Waals surface area contributed by atoms with Crippen LogP contribution in [0.3, 0.4) is 0 Å². The topological polar surface area (TPSA) is 58.4 Å². The van der Waals surface area contributed by atoms with E-state index in [9.17, 15) is 4.79 Å². The fraction of sp³-hybridized carbons (Fsp3) is 0.350. The smallest absolute Gasteiger partial charge is 0.251 e. The summed E-state index contributed by atoms with van der Waals surface area (Å²) in [5.74, 6) is -0.0764. The minimum absolute atomic E-state index is 0.0764. The van der Waals surface area contributed by atoms with E-state index in [0.29, 0.717) is 17.8 Å². The number of carbonyl (C=O) groups is 1. The highest BCUT2D eigenvalue weighted by Gasteiger charge is 2.17. The third-order valence-corrected chi connectivity index (χ3v) is 4.29. The van der Waals surface area contributed by atoms with Gasteiger partial charge in [-0.25, -0.2) is 0 Å². The normalized spacial score (nSPS) is 12.1. The van der Waals surface area contributed by atoms with E-state index in [1.54, 1.807) is 24.3 Å². The average Bonchev–Trinajstić information content (AvgIpc) is 2.61. The molecule has 24 heavy (non-hydrogen) atoms. The third-order valence-electron chi connectivity index (χ3n) is 4.29. The molecule has 0 aliphatic carbocycles. The van der Waals surface area contributed by atoms with E-state index in [2.05, 4.69) is 48.3 Å². The van der Waals surface area contributed by atoms with Crippen LogP contribution in [0.4, 0.5) is 5.69 Å². The molecule has 0 aliphatic rings. The van der Waals surface area contributed by atoms with Crippen LogP contribution in [-0.2, 0) is 6.42 Å². The highest BCUT2D eigenvalue weighted by atomic mass is 16.1. The van der Waals surface area contributed by atoms with Crippen molar-refractivity contribution in [2.24, 2.45) is 0 Å². The van der Waals surface area contributed by atoms with Crippen molar-refractivity contribution in [1.82, 2.24) is 10.2 Å². The number of benzene rings is 2. The van der Waals surface area contributed by atoms with Gasteiger partial charge in [-0.3, -0.25) is 9.69 Å². The molecule has 0 spiro atoms. The number of nitrogen functional groups attached to an aromatic ring is 1. The number of nitrogens with two attached hydrogens (primary N) is 1. The first kappa shape index (κ1) is 18.0. The van der Waals surface area contributed by atoms with E-state index >= 15 is 0 Å². The summed E-state index contributed by atoms with van der Waals surface area (Å²) in [5, 5.41) is 3.06. The maximum atomic E-state index is 12.4. The summed E-state index contributed by atoms with van der Waals surface area (Å²) >= 11 is 0. The van der Waals surface area contributed by atoms with Crippen LogP contribution in [0.1, 0.15) is 29.8 Å². The van der Waals surface area contributed by atoms with Gasteiger partial charge in [0, 0.05) is 23.8 Å². The zero-order valence-corrected chi connectivity index (χ0v) is 14.5. The van der Waals surface area contributed by atoms with E-state index < -0.39 is 0 Å². The molecule has 3 N–H and O–H groups in total. The van der Waals surface area contributed by atoms with Gasteiger partial charge in [0.25, 0.3) is 5.91 Å². The largest absolute Gasteiger partial charge is 0.399 e. The standard InChI is InChI=1S/C20H27N3O/c1-3-23(4-2)19(13-16-9-6-5-7-10-16)15-22-20(24)17-11-8-12-18(21)14-17/h5-12,14,19H,3-4,13,15,21H2,1-2H3,(H,22,24). The number of amides is 1. The molecule has 0 saturated heterocycles. The second-order valence-corrected chi connectivity index (χ2v) is 5.90. The van der Waals surface area contributed by atoms with Crippen LogP contribution < -0.4 is 11.1 Å². The molecular formula is C20H27N3O. The van der Waals surface area contributed by atoms with E-state index in [1.165, 1.54) is 5.56 Å². The molecule has 4 nitrogen and oxygen atoms in total. The molecule has 0 heterocycles. The van der Waals surface area contributed by atoms with Crippen molar-refractivity contribution in [3.63, 3.8) is 0 Å². The van der Waals surface area contributed by atoms with Crippen LogP contribution >= 0.6 is 0 Å². The Hall–Kier alpha value is -2.33. The third kappa shape index (κ3) is 5.10. The van der Waals surface area contributed by atoms with Gasteiger partial charge in [0.15, 0.2) is 0 Å². The summed E-state index contributed by atoms with van der Waals surface area (Å²) < 4.78 is 0. The Balaban J connectivity index is 2.03. The highest BCUT2D eigenvalue weighted by molar-refractivity contribution is 5.94. The molecule has 0 fully saturated rings. The van der Waals surface area contributed by atoms with Gasteiger partial charge in [-0.2, -0.15) is 0 Å². The summed E-state index contributed by atoms with van der Waals surface area (Å²) in [6.45, 7) is 6.84. The first-order valence-electron chi connectivity index (χ1n) is 8.55. The summed E-state index contributed by atoms with van der Waals surface area (Å²) in [5.41, 5.74) is 8.25. The number of hydrogen-bond acceptors (Lipinski definition) is 3. The zero-order chi connectivity index (χ0) is 17.4. The van der Waals surface area contributed by atoms with Crippen molar-refractivity contribution in [2.75, 3.05) is 25.4 Å². The lowest BCUT2D eigenvalue weighted by atomic mass is 10.0. The molecule has 1 amide bonds. The first-order chi connectivity index (χ1) is 11.6. The Morgan fingerprint density at radius 1 is 1.08 bits per heavy atom. The SMILES string of the molecule is CCN(CC)C(CNC(=O)c1cccc(N)c1)Cc1ccccc1. The summed E-state index contributed by atoms with van der Waals surface area (Å²) in [7, 11) is 0. The van der Waals surface area contributed by atoms with Gasteiger partial charge in [-0.05, 0) is 43.3 Å². The van der Waals surface area contributed by atoms with Crippen molar-refractivity contribution >= 4 is 11.6 Å². The van der Waals surface area contributed by atoms with Gasteiger partial charge in [0.2, 0.25) is 0 Å². The van der Waals surface area contributed by atoms with Gasteiger partial charge in [0.1, 0.15) is 0 Å². The molecule has 1 unspecified atom stereocenters. The Labute approximate surface area is 144 Å². The zero-order valence-electron chi connectivity index (χ0n) is 14.5. The predicted molar refractivity (Wildman–Crippen MR) is 100 cm³/mol. The lowest BCUT2D eigenvalue weighted by molar-refractivity contribution is 0.0934. The Bertz CT molecular complexity index is 638. The van der Waals surface area contributed by atoms with Gasteiger partial charge in [-0.1, -0.05) is 50.2 Å². The molecule has 0 aliphatic heterocycles. The lowest BCUT2D eigenvalue weighted by Gasteiger charge is -2.30. The van der Waals surface area contributed by atoms with Gasteiger partial charge < -0.3 is 11.1 Å². The molecule has 4 heteroatoms. The number of nitrogens with one attached hydrogen (secondary N) is 1. The number of hydrogen-bond donors (Lipinski definition) is 2. The Kier molecular flexibility index (Phi) is 6.82. The molecule has 0 radical (unpaired) electrons. The number of rotatable bonds is 8. The number of likely N-dealkylation sites (N-methyl/N-ethyl adjacent to an activating group) is 1. The molecular weight excluding hydrogens is 298 g/mol. The summed E-state index contributed by atoms with van der Waals surface area (Å²) in [4.78, 5) is 14.7. The number of nitrogens with zero attached hydrogens (tertiary/aromatic N) is 1. The Morgan fingerprint density at radius 3 is 2.42 bits per heavy atom. The second kappa shape index (κ2) is 9.08. The molecule has 2 aromatic rings. The first-order valence-corrected chi connectivity index (χ1v) is 8.55. The number of carbonyl (C=O) groups excluding carboxylic acids is 1. The highest BCUT2D eigenvalue weighted by Crippen LogP contribution is 2.10. The minimum atomic E-state index is -0.0764.